The fourth-order valence-electron chi connectivity index (χ4n) is 4.72. The summed E-state index contributed by atoms with van der Waals surface area (Å²) in [6, 6.07) is 11.9. The second kappa shape index (κ2) is 9.20. The average molecular weight is 438 g/mol. The van der Waals surface area contributed by atoms with Crippen molar-refractivity contribution in [3.8, 4) is 11.5 Å². The number of methoxy groups -OCH3 is 2. The maximum atomic E-state index is 12.6. The molecule has 3 atom stereocenters. The zero-order chi connectivity index (χ0) is 22.8. The quantitative estimate of drug-likeness (QED) is 0.765. The fraction of sp³-hybridized carbons (Fsp3) is 0.440. The first-order valence-corrected chi connectivity index (χ1v) is 11.1. The van der Waals surface area contributed by atoms with E-state index < -0.39 is 0 Å². The van der Waals surface area contributed by atoms with E-state index in [-0.39, 0.29) is 18.2 Å². The Hall–Kier alpha value is -3.06. The van der Waals surface area contributed by atoms with Crippen LogP contribution in [0.2, 0.25) is 0 Å². The number of aliphatic hydroxyl groups excluding tert-OH is 1. The van der Waals surface area contributed by atoms with Gasteiger partial charge in [-0.25, -0.2) is 9.80 Å². The number of amides is 2. The Bertz CT molecular complexity index is 1020. The van der Waals surface area contributed by atoms with E-state index >= 15 is 0 Å². The van der Waals surface area contributed by atoms with Crippen molar-refractivity contribution in [1.82, 2.24) is 10.3 Å². The summed E-state index contributed by atoms with van der Waals surface area (Å²) in [6.07, 6.45) is 3.09. The Labute approximate surface area is 189 Å². The zero-order valence-electron chi connectivity index (χ0n) is 19.1. The van der Waals surface area contributed by atoms with Crippen LogP contribution in [-0.2, 0) is 6.42 Å². The van der Waals surface area contributed by atoms with Crippen LogP contribution < -0.4 is 14.8 Å². The molecule has 0 bridgehead atoms. The number of ether oxygens (including phenoxy) is 2. The molecule has 0 radical (unpaired) electrons. The Morgan fingerprint density at radius 1 is 1.12 bits per heavy atom. The summed E-state index contributed by atoms with van der Waals surface area (Å²) < 4.78 is 11.1. The average Bonchev–Trinajstić information content (AvgIpc) is 3.19. The molecule has 1 fully saturated rings. The normalized spacial score (nSPS) is 22.6. The van der Waals surface area contributed by atoms with Crippen molar-refractivity contribution < 1.29 is 19.4 Å². The number of rotatable bonds is 4. The van der Waals surface area contributed by atoms with Gasteiger partial charge in [-0.05, 0) is 61.8 Å². The summed E-state index contributed by atoms with van der Waals surface area (Å²) in [6.45, 7) is 1.98. The molecule has 0 saturated heterocycles. The van der Waals surface area contributed by atoms with E-state index in [0.29, 0.717) is 29.5 Å². The van der Waals surface area contributed by atoms with Gasteiger partial charge in [0.05, 0.1) is 32.1 Å². The third-order valence-corrected chi connectivity index (χ3v) is 6.49. The fourth-order valence-corrected chi connectivity index (χ4v) is 4.72. The minimum absolute atomic E-state index is 0.136. The molecular formula is C25H31N3O4. The molecule has 1 heterocycles. The number of hydrogen-bond donors (Lipinski definition) is 2. The van der Waals surface area contributed by atoms with Crippen LogP contribution in [-0.4, -0.2) is 55.3 Å². The summed E-state index contributed by atoms with van der Waals surface area (Å²) in [5.74, 6) is 1.66. The number of carbonyl (C=O) groups excluding carboxylic acids is 1. The van der Waals surface area contributed by atoms with Gasteiger partial charge >= 0.3 is 6.03 Å². The van der Waals surface area contributed by atoms with Crippen molar-refractivity contribution in [2.75, 3.05) is 21.3 Å². The topological polar surface area (TPSA) is 83.4 Å². The molecule has 1 aliphatic heterocycles. The lowest BCUT2D eigenvalue weighted by Crippen LogP contribution is -2.41. The molecule has 7 heteroatoms. The Kier molecular flexibility index (Phi) is 6.37. The third kappa shape index (κ3) is 4.17. The van der Waals surface area contributed by atoms with Gasteiger partial charge in [-0.3, -0.25) is 0 Å². The number of hydrogen-bond acceptors (Lipinski definition) is 5. The van der Waals surface area contributed by atoms with E-state index in [1.54, 1.807) is 21.3 Å². The van der Waals surface area contributed by atoms with Gasteiger partial charge in [0, 0.05) is 18.2 Å². The molecular weight excluding hydrogens is 406 g/mol. The lowest BCUT2D eigenvalue weighted by Gasteiger charge is -2.22. The van der Waals surface area contributed by atoms with Gasteiger partial charge in [-0.2, -0.15) is 5.10 Å². The van der Waals surface area contributed by atoms with Crippen LogP contribution in [0.3, 0.4) is 0 Å². The first kappa shape index (κ1) is 22.1. The molecule has 32 heavy (non-hydrogen) atoms. The number of nitrogens with one attached hydrogen (secondary N) is 1. The number of hydrazone groups is 1. The zero-order valence-corrected chi connectivity index (χ0v) is 19.1. The van der Waals surface area contributed by atoms with E-state index in [0.717, 1.165) is 36.0 Å². The number of carbonyl (C=O) groups is 1. The van der Waals surface area contributed by atoms with Gasteiger partial charge in [0.15, 0.2) is 11.5 Å². The lowest BCUT2D eigenvalue weighted by atomic mass is 9.91. The van der Waals surface area contributed by atoms with Crippen LogP contribution in [0.25, 0.3) is 0 Å². The van der Waals surface area contributed by atoms with E-state index in [4.69, 9.17) is 14.6 Å². The minimum Gasteiger partial charge on any atom is -0.493 e. The molecule has 2 amide bonds. The van der Waals surface area contributed by atoms with Crippen molar-refractivity contribution in [2.24, 2.45) is 5.10 Å². The van der Waals surface area contributed by atoms with E-state index in [1.165, 1.54) is 10.6 Å². The maximum Gasteiger partial charge on any atom is 0.337 e. The monoisotopic (exact) mass is 437 g/mol. The molecule has 2 aromatic carbocycles. The maximum absolute atomic E-state index is 12.6. The molecule has 2 aliphatic rings. The smallest absolute Gasteiger partial charge is 0.337 e. The van der Waals surface area contributed by atoms with Gasteiger partial charge in [0.1, 0.15) is 0 Å². The number of benzene rings is 2. The molecule has 3 unspecified atom stereocenters. The van der Waals surface area contributed by atoms with Gasteiger partial charge in [0.25, 0.3) is 0 Å². The number of aliphatic hydroxyl groups is 1. The summed E-state index contributed by atoms with van der Waals surface area (Å²) in [5, 5.41) is 18.9. The summed E-state index contributed by atoms with van der Waals surface area (Å²) >= 11 is 0. The third-order valence-electron chi connectivity index (χ3n) is 6.49. The number of fused-ring (bicyclic) bond motifs is 1. The molecule has 2 aromatic rings. The van der Waals surface area contributed by atoms with Crippen molar-refractivity contribution in [3.63, 3.8) is 0 Å². The highest BCUT2D eigenvalue weighted by Crippen LogP contribution is 2.36. The van der Waals surface area contributed by atoms with Gasteiger partial charge in [0.2, 0.25) is 0 Å². The second-order valence-electron chi connectivity index (χ2n) is 8.55. The Morgan fingerprint density at radius 3 is 2.41 bits per heavy atom. The highest BCUT2D eigenvalue weighted by Gasteiger charge is 2.29. The SMILES string of the molecule is CNC(=O)N1N=C(c2ccc(C3CCC(O)C3)cc2)c2cc(OC)c(OC)cc2CC1C. The van der Waals surface area contributed by atoms with E-state index in [1.807, 2.05) is 19.1 Å². The predicted octanol–water partition coefficient (Wildman–Crippen LogP) is 3.67. The molecule has 0 spiro atoms. The van der Waals surface area contributed by atoms with E-state index in [9.17, 15) is 9.90 Å². The van der Waals surface area contributed by atoms with Crippen LogP contribution in [0, 0.1) is 0 Å². The summed E-state index contributed by atoms with van der Waals surface area (Å²) in [4.78, 5) is 12.6. The van der Waals surface area contributed by atoms with Gasteiger partial charge < -0.3 is 19.9 Å². The van der Waals surface area contributed by atoms with Crippen molar-refractivity contribution >= 4 is 11.7 Å². The van der Waals surface area contributed by atoms with Gasteiger partial charge in [-0.15, -0.1) is 0 Å². The van der Waals surface area contributed by atoms with Crippen LogP contribution in [0.5, 0.6) is 11.5 Å². The second-order valence-corrected chi connectivity index (χ2v) is 8.55. The van der Waals surface area contributed by atoms with Crippen LogP contribution in [0.15, 0.2) is 41.5 Å². The van der Waals surface area contributed by atoms with E-state index in [2.05, 4.69) is 29.6 Å². The molecule has 170 valence electrons. The van der Waals surface area contributed by atoms with Crippen LogP contribution in [0.4, 0.5) is 4.79 Å². The van der Waals surface area contributed by atoms with Crippen molar-refractivity contribution in [1.29, 1.82) is 0 Å². The molecule has 0 aromatic heterocycles. The molecule has 2 N–H and O–H groups in total. The first-order valence-electron chi connectivity index (χ1n) is 11.1. The molecule has 7 nitrogen and oxygen atoms in total. The molecule has 1 saturated carbocycles. The highest BCUT2D eigenvalue weighted by atomic mass is 16.5. The predicted molar refractivity (Wildman–Crippen MR) is 124 cm³/mol. The van der Waals surface area contributed by atoms with Crippen LogP contribution >= 0.6 is 0 Å². The number of nitrogens with zero attached hydrogens (tertiary/aromatic N) is 2. The summed E-state index contributed by atoms with van der Waals surface area (Å²) in [7, 11) is 4.84. The lowest BCUT2D eigenvalue weighted by molar-refractivity contribution is 0.181. The Balaban J connectivity index is 1.80. The molecule has 4 rings (SSSR count). The molecule has 1 aliphatic carbocycles. The highest BCUT2D eigenvalue weighted by molar-refractivity contribution is 6.14. The van der Waals surface area contributed by atoms with Crippen LogP contribution in [0.1, 0.15) is 54.4 Å². The van der Waals surface area contributed by atoms with Crippen molar-refractivity contribution in [2.45, 2.75) is 50.7 Å². The standard InChI is InChI=1S/C25H31N3O4/c1-15-11-19-13-22(31-3)23(32-4)14-21(19)24(27-28(15)25(30)26-2)17-7-5-16(6-8-17)18-9-10-20(29)12-18/h5-8,13-15,18,20,29H,9-12H2,1-4H3,(H,26,30). The summed E-state index contributed by atoms with van der Waals surface area (Å²) in [5.41, 5.74) is 4.83. The first-order chi connectivity index (χ1) is 15.4. The van der Waals surface area contributed by atoms with Gasteiger partial charge in [-0.1, -0.05) is 24.3 Å². The Morgan fingerprint density at radius 2 is 1.81 bits per heavy atom. The largest absolute Gasteiger partial charge is 0.493 e. The number of urea groups is 1. The van der Waals surface area contributed by atoms with Crippen molar-refractivity contribution in [3.05, 3.63) is 58.7 Å². The minimum atomic E-state index is -0.252.